The van der Waals surface area contributed by atoms with Gasteiger partial charge in [0.1, 0.15) is 28.0 Å². The summed E-state index contributed by atoms with van der Waals surface area (Å²) in [6.07, 6.45) is 3.43. The van der Waals surface area contributed by atoms with E-state index in [4.69, 9.17) is 0 Å². The molecule has 6 heteroatoms. The predicted octanol–water partition coefficient (Wildman–Crippen LogP) is 4.35. The van der Waals surface area contributed by atoms with Crippen molar-refractivity contribution in [3.63, 3.8) is 0 Å². The minimum Gasteiger partial charge on any atom is -0.356 e. The summed E-state index contributed by atoms with van der Waals surface area (Å²) in [5.41, 5.74) is 1.17. The summed E-state index contributed by atoms with van der Waals surface area (Å²) in [6, 6.07) is 12.3. The maximum Gasteiger partial charge on any atom is 0.138 e. The number of thiophene rings is 1. The Kier molecular flexibility index (Phi) is 3.54. The standard InChI is InChI=1S/C16H12N4S2/c1-2-4-11(5-3-1)13(16-17-7-9-22-16)20-14-12-6-8-21-15(12)19-10-18-14/h1-10,13H,(H,18,19,20). The molecule has 0 aliphatic rings. The third-order valence-electron chi connectivity index (χ3n) is 3.37. The molecule has 3 heterocycles. The molecule has 1 atom stereocenters. The molecule has 1 unspecified atom stereocenters. The predicted molar refractivity (Wildman–Crippen MR) is 91.4 cm³/mol. The second-order valence-electron chi connectivity index (χ2n) is 4.72. The molecule has 0 radical (unpaired) electrons. The minimum atomic E-state index is -0.0146. The van der Waals surface area contributed by atoms with Crippen LogP contribution < -0.4 is 5.32 Å². The molecule has 0 spiro atoms. The fraction of sp³-hybridized carbons (Fsp3) is 0.0625. The van der Waals surface area contributed by atoms with Gasteiger partial charge in [-0.05, 0) is 17.0 Å². The van der Waals surface area contributed by atoms with Gasteiger partial charge in [0.15, 0.2) is 0 Å². The highest BCUT2D eigenvalue weighted by atomic mass is 32.1. The van der Waals surface area contributed by atoms with E-state index in [0.717, 1.165) is 21.0 Å². The van der Waals surface area contributed by atoms with Crippen molar-refractivity contribution in [3.8, 4) is 0 Å². The molecular weight excluding hydrogens is 312 g/mol. The molecule has 1 N–H and O–H groups in total. The van der Waals surface area contributed by atoms with Crippen LogP contribution in [0.5, 0.6) is 0 Å². The second kappa shape index (κ2) is 5.82. The van der Waals surface area contributed by atoms with Crippen LogP contribution in [0, 0.1) is 0 Å². The zero-order chi connectivity index (χ0) is 14.8. The van der Waals surface area contributed by atoms with Crippen molar-refractivity contribution >= 4 is 38.7 Å². The molecule has 0 fully saturated rings. The normalized spacial score (nSPS) is 12.4. The van der Waals surface area contributed by atoms with Crippen LogP contribution in [-0.2, 0) is 0 Å². The summed E-state index contributed by atoms with van der Waals surface area (Å²) in [5, 5.41) is 9.62. The number of nitrogens with one attached hydrogen (secondary N) is 1. The fourth-order valence-electron chi connectivity index (χ4n) is 2.35. The average molecular weight is 324 g/mol. The maximum atomic E-state index is 4.47. The Morgan fingerprint density at radius 2 is 1.82 bits per heavy atom. The van der Waals surface area contributed by atoms with Gasteiger partial charge in [-0.3, -0.25) is 0 Å². The molecule has 4 rings (SSSR count). The van der Waals surface area contributed by atoms with Crippen LogP contribution in [0.2, 0.25) is 0 Å². The van der Waals surface area contributed by atoms with Crippen molar-refractivity contribution in [3.05, 3.63) is 70.3 Å². The third-order valence-corrected chi connectivity index (χ3v) is 5.04. The lowest BCUT2D eigenvalue weighted by molar-refractivity contribution is 0.911. The molecule has 0 amide bonds. The highest BCUT2D eigenvalue weighted by molar-refractivity contribution is 7.16. The summed E-state index contributed by atoms with van der Waals surface area (Å²) in [4.78, 5) is 14.2. The Morgan fingerprint density at radius 1 is 0.909 bits per heavy atom. The number of benzene rings is 1. The Hall–Kier alpha value is -2.31. The fourth-order valence-corrected chi connectivity index (χ4v) is 3.80. The lowest BCUT2D eigenvalue weighted by atomic mass is 10.1. The zero-order valence-corrected chi connectivity index (χ0v) is 13.1. The summed E-state index contributed by atoms with van der Waals surface area (Å²) < 4.78 is 0. The lowest BCUT2D eigenvalue weighted by Crippen LogP contribution is -2.13. The van der Waals surface area contributed by atoms with Gasteiger partial charge in [0.05, 0.1) is 5.39 Å². The van der Waals surface area contributed by atoms with Gasteiger partial charge in [-0.2, -0.15) is 0 Å². The molecule has 0 saturated heterocycles. The van der Waals surface area contributed by atoms with Crippen molar-refractivity contribution < 1.29 is 0 Å². The molecule has 4 nitrogen and oxygen atoms in total. The van der Waals surface area contributed by atoms with E-state index in [2.05, 4.69) is 32.4 Å². The van der Waals surface area contributed by atoms with Crippen LogP contribution in [0.15, 0.2) is 59.7 Å². The van der Waals surface area contributed by atoms with Crippen molar-refractivity contribution in [1.29, 1.82) is 0 Å². The quantitative estimate of drug-likeness (QED) is 0.606. The molecule has 4 aromatic rings. The van der Waals surface area contributed by atoms with E-state index in [1.807, 2.05) is 41.2 Å². The van der Waals surface area contributed by atoms with Crippen molar-refractivity contribution in [1.82, 2.24) is 15.0 Å². The SMILES string of the molecule is c1ccc(C(Nc2ncnc3sccc23)c2nccs2)cc1. The monoisotopic (exact) mass is 324 g/mol. The number of hydrogen-bond acceptors (Lipinski definition) is 6. The molecule has 108 valence electrons. The van der Waals surface area contributed by atoms with Gasteiger partial charge in [-0.25, -0.2) is 15.0 Å². The van der Waals surface area contributed by atoms with Crippen molar-refractivity contribution in [2.75, 3.05) is 5.32 Å². The van der Waals surface area contributed by atoms with E-state index in [1.165, 1.54) is 5.56 Å². The second-order valence-corrected chi connectivity index (χ2v) is 6.54. The first-order chi connectivity index (χ1) is 10.9. The summed E-state index contributed by atoms with van der Waals surface area (Å²) in [5.74, 6) is 0.843. The molecule has 0 bridgehead atoms. The maximum absolute atomic E-state index is 4.47. The van der Waals surface area contributed by atoms with E-state index in [9.17, 15) is 0 Å². The van der Waals surface area contributed by atoms with Gasteiger partial charge < -0.3 is 5.32 Å². The summed E-state index contributed by atoms with van der Waals surface area (Å²) in [7, 11) is 0. The first-order valence-corrected chi connectivity index (χ1v) is 8.57. The van der Waals surface area contributed by atoms with Crippen molar-refractivity contribution in [2.45, 2.75) is 6.04 Å². The van der Waals surface area contributed by atoms with Crippen LogP contribution >= 0.6 is 22.7 Å². The van der Waals surface area contributed by atoms with Crippen LogP contribution in [-0.4, -0.2) is 15.0 Å². The van der Waals surface area contributed by atoms with E-state index in [1.54, 1.807) is 29.0 Å². The van der Waals surface area contributed by atoms with Gasteiger partial charge in [-0.15, -0.1) is 22.7 Å². The molecule has 0 saturated carbocycles. The van der Waals surface area contributed by atoms with Crippen LogP contribution in [0.1, 0.15) is 16.6 Å². The van der Waals surface area contributed by atoms with E-state index < -0.39 is 0 Å². The van der Waals surface area contributed by atoms with Crippen molar-refractivity contribution in [2.24, 2.45) is 0 Å². The number of nitrogens with zero attached hydrogens (tertiary/aromatic N) is 3. The summed E-state index contributed by atoms with van der Waals surface area (Å²) >= 11 is 3.26. The average Bonchev–Trinajstić information content (AvgIpc) is 3.25. The Bertz CT molecular complexity index is 871. The number of rotatable bonds is 4. The number of anilines is 1. The smallest absolute Gasteiger partial charge is 0.138 e. The number of fused-ring (bicyclic) bond motifs is 1. The summed E-state index contributed by atoms with van der Waals surface area (Å²) in [6.45, 7) is 0. The van der Waals surface area contributed by atoms with E-state index in [0.29, 0.717) is 0 Å². The minimum absolute atomic E-state index is 0.0146. The molecule has 1 aromatic carbocycles. The van der Waals surface area contributed by atoms with E-state index in [-0.39, 0.29) is 6.04 Å². The molecule has 22 heavy (non-hydrogen) atoms. The van der Waals surface area contributed by atoms with E-state index >= 15 is 0 Å². The molecule has 3 aromatic heterocycles. The highest BCUT2D eigenvalue weighted by Gasteiger charge is 2.18. The molecule has 0 aliphatic heterocycles. The van der Waals surface area contributed by atoms with Gasteiger partial charge in [0.25, 0.3) is 0 Å². The number of aromatic nitrogens is 3. The van der Waals surface area contributed by atoms with Gasteiger partial charge in [-0.1, -0.05) is 30.3 Å². The number of thiazole rings is 1. The number of hydrogen-bond donors (Lipinski definition) is 1. The highest BCUT2D eigenvalue weighted by Crippen LogP contribution is 2.31. The lowest BCUT2D eigenvalue weighted by Gasteiger charge is -2.18. The largest absolute Gasteiger partial charge is 0.356 e. The van der Waals surface area contributed by atoms with Crippen LogP contribution in [0.25, 0.3) is 10.2 Å². The van der Waals surface area contributed by atoms with Crippen LogP contribution in [0.4, 0.5) is 5.82 Å². The first kappa shape index (κ1) is 13.4. The van der Waals surface area contributed by atoms with Gasteiger partial charge in [0, 0.05) is 11.6 Å². The topological polar surface area (TPSA) is 50.7 Å². The Labute approximate surface area is 135 Å². The Balaban J connectivity index is 1.77. The zero-order valence-electron chi connectivity index (χ0n) is 11.5. The van der Waals surface area contributed by atoms with Crippen LogP contribution in [0.3, 0.4) is 0 Å². The molecular formula is C16H12N4S2. The molecule has 0 aliphatic carbocycles. The Morgan fingerprint density at radius 3 is 2.64 bits per heavy atom. The van der Waals surface area contributed by atoms with Gasteiger partial charge in [0.2, 0.25) is 0 Å². The first-order valence-electron chi connectivity index (χ1n) is 6.81. The third kappa shape index (κ3) is 2.47. The van der Waals surface area contributed by atoms with Gasteiger partial charge >= 0.3 is 0 Å².